The van der Waals surface area contributed by atoms with E-state index in [2.05, 4.69) is 10.3 Å². The van der Waals surface area contributed by atoms with E-state index in [0.29, 0.717) is 12.2 Å². The highest BCUT2D eigenvalue weighted by atomic mass is 19.1. The fourth-order valence-electron chi connectivity index (χ4n) is 1.53. The Balaban J connectivity index is 2.18. The van der Waals surface area contributed by atoms with Crippen LogP contribution in [0.5, 0.6) is 0 Å². The summed E-state index contributed by atoms with van der Waals surface area (Å²) in [7, 11) is 1.88. The van der Waals surface area contributed by atoms with Crippen molar-refractivity contribution < 1.29 is 4.39 Å². The maximum absolute atomic E-state index is 13.3. The van der Waals surface area contributed by atoms with Crippen molar-refractivity contribution in [3.05, 3.63) is 47.8 Å². The molecule has 0 atom stereocenters. The number of hydrogen-bond donors (Lipinski definition) is 1. The number of benzene rings is 1. The minimum atomic E-state index is -0.512. The maximum Gasteiger partial charge on any atom is 0.143 e. The van der Waals surface area contributed by atoms with Gasteiger partial charge in [0, 0.05) is 13.2 Å². The van der Waals surface area contributed by atoms with E-state index < -0.39 is 5.82 Å². The highest BCUT2D eigenvalue weighted by Crippen LogP contribution is 2.18. The Kier molecular flexibility index (Phi) is 3.06. The third-order valence-electron chi connectivity index (χ3n) is 2.50. The summed E-state index contributed by atoms with van der Waals surface area (Å²) < 4.78 is 15.2. The number of halogens is 1. The second-order valence-electron chi connectivity index (χ2n) is 3.62. The molecular formula is C12H11FN4. The quantitative estimate of drug-likeness (QED) is 0.877. The molecule has 2 rings (SSSR count). The van der Waals surface area contributed by atoms with Crippen molar-refractivity contribution in [3.63, 3.8) is 0 Å². The number of hydrogen-bond acceptors (Lipinski definition) is 3. The number of imidazole rings is 1. The fourth-order valence-corrected chi connectivity index (χ4v) is 1.53. The lowest BCUT2D eigenvalue weighted by Gasteiger charge is -2.08. The lowest BCUT2D eigenvalue weighted by atomic mass is 10.2. The summed E-state index contributed by atoms with van der Waals surface area (Å²) in [4.78, 5) is 3.98. The number of anilines is 1. The molecule has 0 aliphatic rings. The van der Waals surface area contributed by atoms with E-state index in [1.165, 1.54) is 6.07 Å². The molecular weight excluding hydrogens is 219 g/mol. The smallest absolute Gasteiger partial charge is 0.143 e. The van der Waals surface area contributed by atoms with Crippen LogP contribution in [0.3, 0.4) is 0 Å². The average Bonchev–Trinajstić information content (AvgIpc) is 2.72. The summed E-state index contributed by atoms with van der Waals surface area (Å²) in [5.74, 6) is -0.512. The van der Waals surface area contributed by atoms with E-state index in [1.54, 1.807) is 24.7 Å². The number of nitrogens with zero attached hydrogens (tertiary/aromatic N) is 3. The van der Waals surface area contributed by atoms with E-state index in [4.69, 9.17) is 5.26 Å². The monoisotopic (exact) mass is 230 g/mol. The number of nitrogens with one attached hydrogen (secondary N) is 1. The summed E-state index contributed by atoms with van der Waals surface area (Å²) >= 11 is 0. The van der Waals surface area contributed by atoms with Gasteiger partial charge < -0.3 is 9.88 Å². The largest absolute Gasteiger partial charge is 0.378 e. The molecule has 0 fully saturated rings. The van der Waals surface area contributed by atoms with E-state index in [-0.39, 0.29) is 5.56 Å². The molecule has 1 N–H and O–H groups in total. The molecule has 86 valence electrons. The predicted octanol–water partition coefficient (Wildman–Crippen LogP) is 2.04. The molecule has 0 aliphatic carbocycles. The molecule has 17 heavy (non-hydrogen) atoms. The predicted molar refractivity (Wildman–Crippen MR) is 61.6 cm³/mol. The van der Waals surface area contributed by atoms with Crippen molar-refractivity contribution in [3.8, 4) is 6.07 Å². The van der Waals surface area contributed by atoms with Crippen molar-refractivity contribution in [1.82, 2.24) is 9.55 Å². The van der Waals surface area contributed by atoms with Crippen LogP contribution in [-0.4, -0.2) is 9.55 Å². The van der Waals surface area contributed by atoms with Crippen LogP contribution in [0.15, 0.2) is 30.7 Å². The highest BCUT2D eigenvalue weighted by Gasteiger charge is 2.07. The molecule has 0 saturated heterocycles. The van der Waals surface area contributed by atoms with Crippen molar-refractivity contribution in [1.29, 1.82) is 5.26 Å². The molecule has 1 aromatic heterocycles. The topological polar surface area (TPSA) is 53.6 Å². The molecule has 2 aromatic rings. The highest BCUT2D eigenvalue weighted by molar-refractivity contribution is 5.57. The van der Waals surface area contributed by atoms with Gasteiger partial charge in [0.15, 0.2) is 0 Å². The SMILES string of the molecule is Cn1cncc1CNc1cccc(F)c1C#N. The van der Waals surface area contributed by atoms with Crippen molar-refractivity contribution in [2.24, 2.45) is 7.05 Å². The molecule has 0 aliphatic heterocycles. The zero-order valence-corrected chi connectivity index (χ0v) is 9.31. The lowest BCUT2D eigenvalue weighted by Crippen LogP contribution is -2.05. The molecule has 0 amide bonds. The van der Waals surface area contributed by atoms with Gasteiger partial charge in [0.2, 0.25) is 0 Å². The number of aromatic nitrogens is 2. The van der Waals surface area contributed by atoms with Crippen LogP contribution in [-0.2, 0) is 13.6 Å². The third-order valence-corrected chi connectivity index (χ3v) is 2.50. The minimum absolute atomic E-state index is 0.0367. The number of nitriles is 1. The van der Waals surface area contributed by atoms with Crippen molar-refractivity contribution in [2.75, 3.05) is 5.32 Å². The lowest BCUT2D eigenvalue weighted by molar-refractivity contribution is 0.624. The second-order valence-corrected chi connectivity index (χ2v) is 3.62. The zero-order chi connectivity index (χ0) is 12.3. The van der Waals surface area contributed by atoms with Gasteiger partial charge in [0.05, 0.1) is 24.3 Å². The van der Waals surface area contributed by atoms with Crippen LogP contribution in [0.25, 0.3) is 0 Å². The average molecular weight is 230 g/mol. The summed E-state index contributed by atoms with van der Waals surface area (Å²) in [5.41, 5.74) is 1.49. The molecule has 1 heterocycles. The van der Waals surface area contributed by atoms with Crippen LogP contribution < -0.4 is 5.32 Å². The Labute approximate surface area is 98.3 Å². The number of rotatable bonds is 3. The van der Waals surface area contributed by atoms with E-state index in [1.807, 2.05) is 17.7 Å². The summed E-state index contributed by atoms with van der Waals surface area (Å²) in [5, 5.41) is 11.9. The Bertz CT molecular complexity index is 568. The maximum atomic E-state index is 13.3. The van der Waals surface area contributed by atoms with Crippen molar-refractivity contribution in [2.45, 2.75) is 6.54 Å². The molecule has 0 saturated carbocycles. The standard InChI is InChI=1S/C12H11FN4/c1-17-8-15-6-9(17)7-16-12-4-2-3-11(13)10(12)5-14/h2-4,6,8,16H,7H2,1H3. The Morgan fingerprint density at radius 2 is 2.35 bits per heavy atom. The van der Waals surface area contributed by atoms with Gasteiger partial charge in [-0.05, 0) is 12.1 Å². The Hall–Kier alpha value is -2.35. The Morgan fingerprint density at radius 1 is 1.53 bits per heavy atom. The molecule has 0 unspecified atom stereocenters. The zero-order valence-electron chi connectivity index (χ0n) is 9.31. The fraction of sp³-hybridized carbons (Fsp3) is 0.167. The number of aryl methyl sites for hydroxylation is 1. The molecule has 5 heteroatoms. The van der Waals surface area contributed by atoms with Crippen LogP contribution in [0.1, 0.15) is 11.3 Å². The van der Waals surface area contributed by atoms with Gasteiger partial charge in [0.25, 0.3) is 0 Å². The van der Waals surface area contributed by atoms with Crippen molar-refractivity contribution >= 4 is 5.69 Å². The molecule has 1 aromatic carbocycles. The summed E-state index contributed by atoms with van der Waals surface area (Å²) in [6.07, 6.45) is 3.41. The Morgan fingerprint density at radius 3 is 3.00 bits per heavy atom. The third kappa shape index (κ3) is 2.26. The van der Waals surface area contributed by atoms with E-state index >= 15 is 0 Å². The van der Waals surface area contributed by atoms with Gasteiger partial charge in [-0.15, -0.1) is 0 Å². The van der Waals surface area contributed by atoms with E-state index in [0.717, 1.165) is 5.69 Å². The van der Waals surface area contributed by atoms with Gasteiger partial charge in [-0.25, -0.2) is 9.37 Å². The van der Waals surface area contributed by atoms with Crippen LogP contribution in [0, 0.1) is 17.1 Å². The van der Waals surface area contributed by atoms with Gasteiger partial charge in [-0.1, -0.05) is 6.07 Å². The van der Waals surface area contributed by atoms with Crippen LogP contribution in [0.2, 0.25) is 0 Å². The van der Waals surface area contributed by atoms with Gasteiger partial charge >= 0.3 is 0 Å². The van der Waals surface area contributed by atoms with Gasteiger partial charge in [-0.2, -0.15) is 5.26 Å². The van der Waals surface area contributed by atoms with Crippen LogP contribution >= 0.6 is 0 Å². The first kappa shape index (κ1) is 11.1. The minimum Gasteiger partial charge on any atom is -0.378 e. The summed E-state index contributed by atoms with van der Waals surface area (Å²) in [6, 6.07) is 6.37. The van der Waals surface area contributed by atoms with Gasteiger partial charge in [-0.3, -0.25) is 0 Å². The molecule has 4 nitrogen and oxygen atoms in total. The first-order valence-corrected chi connectivity index (χ1v) is 5.10. The molecule has 0 radical (unpaired) electrons. The summed E-state index contributed by atoms with van der Waals surface area (Å²) in [6.45, 7) is 0.495. The second kappa shape index (κ2) is 4.66. The first-order chi connectivity index (χ1) is 8.22. The normalized spacial score (nSPS) is 9.94. The first-order valence-electron chi connectivity index (χ1n) is 5.10. The van der Waals surface area contributed by atoms with Gasteiger partial charge in [0.1, 0.15) is 17.4 Å². The van der Waals surface area contributed by atoms with E-state index in [9.17, 15) is 4.39 Å². The molecule has 0 bridgehead atoms. The van der Waals surface area contributed by atoms with Crippen LogP contribution in [0.4, 0.5) is 10.1 Å². The molecule has 0 spiro atoms.